The molecule has 0 spiro atoms. The minimum absolute atomic E-state index is 0.0869. The zero-order valence-corrected chi connectivity index (χ0v) is 15.6. The van der Waals surface area contributed by atoms with Crippen LogP contribution in [0.3, 0.4) is 0 Å². The highest BCUT2D eigenvalue weighted by Crippen LogP contribution is 2.34. The van der Waals surface area contributed by atoms with Crippen molar-refractivity contribution in [2.24, 2.45) is 0 Å². The van der Waals surface area contributed by atoms with Gasteiger partial charge in [-0.3, -0.25) is 9.59 Å². The number of benzene rings is 2. The third-order valence-electron chi connectivity index (χ3n) is 5.59. The molecule has 4 rings (SSSR count). The number of carbonyl (C=O) groups is 2. The summed E-state index contributed by atoms with van der Waals surface area (Å²) in [4.78, 5) is 29.5. The molecule has 0 aromatic heterocycles. The smallest absolute Gasteiger partial charge is 0.257 e. The Kier molecular flexibility index (Phi) is 4.84. The van der Waals surface area contributed by atoms with Crippen LogP contribution in [0.1, 0.15) is 45.5 Å². The maximum atomic E-state index is 12.8. The quantitative estimate of drug-likeness (QED) is 0.908. The number of amides is 2. The molecule has 1 fully saturated rings. The van der Waals surface area contributed by atoms with E-state index >= 15 is 0 Å². The van der Waals surface area contributed by atoms with Gasteiger partial charge in [0.2, 0.25) is 0 Å². The number of fused-ring (bicyclic) bond motifs is 2. The molecule has 2 aromatic rings. The van der Waals surface area contributed by atoms with Crippen molar-refractivity contribution < 1.29 is 9.59 Å². The van der Waals surface area contributed by atoms with Crippen LogP contribution in [0.5, 0.6) is 0 Å². The highest BCUT2D eigenvalue weighted by atomic mass is 16.2. The van der Waals surface area contributed by atoms with Crippen molar-refractivity contribution in [3.05, 3.63) is 65.2 Å². The molecule has 2 aromatic carbocycles. The number of nitrogens with one attached hydrogen (secondary N) is 1. The Morgan fingerprint density at radius 3 is 2.78 bits per heavy atom. The predicted molar refractivity (Wildman–Crippen MR) is 106 cm³/mol. The first-order valence-electron chi connectivity index (χ1n) is 9.65. The summed E-state index contributed by atoms with van der Waals surface area (Å²) < 4.78 is 0. The lowest BCUT2D eigenvalue weighted by atomic mass is 9.97. The molecule has 1 unspecified atom stereocenters. The van der Waals surface area contributed by atoms with Crippen LogP contribution in [-0.4, -0.2) is 43.0 Å². The summed E-state index contributed by atoms with van der Waals surface area (Å²) in [5, 5.41) is 2.98. The molecule has 0 saturated carbocycles. The minimum Gasteiger partial charge on any atom is -0.354 e. The van der Waals surface area contributed by atoms with E-state index in [1.165, 1.54) is 5.56 Å². The van der Waals surface area contributed by atoms with Gasteiger partial charge >= 0.3 is 0 Å². The van der Waals surface area contributed by atoms with Crippen molar-refractivity contribution in [3.8, 4) is 0 Å². The number of nitrogens with zero attached hydrogens (tertiary/aromatic N) is 2. The second-order valence-corrected chi connectivity index (χ2v) is 7.31. The fourth-order valence-corrected chi connectivity index (χ4v) is 4.08. The molecule has 0 aliphatic carbocycles. The molecule has 5 heteroatoms. The van der Waals surface area contributed by atoms with E-state index in [4.69, 9.17) is 0 Å². The predicted octanol–water partition coefficient (Wildman–Crippen LogP) is 3.06. The molecule has 2 aliphatic rings. The van der Waals surface area contributed by atoms with Gasteiger partial charge in [-0.05, 0) is 49.4 Å². The van der Waals surface area contributed by atoms with Gasteiger partial charge in [-0.15, -0.1) is 0 Å². The van der Waals surface area contributed by atoms with Crippen LogP contribution >= 0.6 is 0 Å². The van der Waals surface area contributed by atoms with Gasteiger partial charge in [0, 0.05) is 25.7 Å². The average Bonchev–Trinajstić information content (AvgIpc) is 2.72. The van der Waals surface area contributed by atoms with Crippen molar-refractivity contribution >= 4 is 17.5 Å². The number of piperidine rings is 1. The molecule has 0 radical (unpaired) electrons. The van der Waals surface area contributed by atoms with Crippen molar-refractivity contribution in [2.45, 2.75) is 31.8 Å². The zero-order chi connectivity index (χ0) is 18.8. The van der Waals surface area contributed by atoms with Gasteiger partial charge in [-0.25, -0.2) is 0 Å². The molecule has 2 aliphatic heterocycles. The summed E-state index contributed by atoms with van der Waals surface area (Å²) in [6.45, 7) is 1.40. The van der Waals surface area contributed by atoms with Crippen molar-refractivity contribution in [1.29, 1.82) is 0 Å². The van der Waals surface area contributed by atoms with Crippen molar-refractivity contribution in [2.75, 3.05) is 25.0 Å². The molecular formula is C22H25N3O2. The van der Waals surface area contributed by atoms with Gasteiger partial charge in [0.15, 0.2) is 0 Å². The summed E-state index contributed by atoms with van der Waals surface area (Å²) in [6, 6.07) is 15.5. The lowest BCUT2D eigenvalue weighted by Crippen LogP contribution is -2.55. The van der Waals surface area contributed by atoms with Gasteiger partial charge in [0.25, 0.3) is 11.8 Å². The molecule has 0 bridgehead atoms. The third kappa shape index (κ3) is 3.42. The average molecular weight is 363 g/mol. The second kappa shape index (κ2) is 7.43. The van der Waals surface area contributed by atoms with Crippen LogP contribution in [0.15, 0.2) is 48.5 Å². The van der Waals surface area contributed by atoms with Crippen molar-refractivity contribution in [1.82, 2.24) is 10.2 Å². The standard InChI is InChI=1S/C22H25N3O2/c1-24-19-15-17(21(26)23-13-12-16-7-3-2-4-8-16)10-11-18(19)22(27)25-14-6-5-9-20(24)25/h2-4,7-8,10-11,15,20H,5-6,9,12-14H2,1H3,(H,23,26). The van der Waals surface area contributed by atoms with Crippen LogP contribution in [-0.2, 0) is 6.42 Å². The van der Waals surface area contributed by atoms with Crippen molar-refractivity contribution in [3.63, 3.8) is 0 Å². The van der Waals surface area contributed by atoms with Crippen LogP contribution in [0.2, 0.25) is 0 Å². The topological polar surface area (TPSA) is 52.7 Å². The number of hydrogen-bond donors (Lipinski definition) is 1. The van der Waals surface area contributed by atoms with Gasteiger partial charge < -0.3 is 15.1 Å². The zero-order valence-electron chi connectivity index (χ0n) is 15.6. The molecular weight excluding hydrogens is 338 g/mol. The summed E-state index contributed by atoms with van der Waals surface area (Å²) in [6.07, 6.45) is 4.08. The van der Waals surface area contributed by atoms with Crippen LogP contribution in [0, 0.1) is 0 Å². The Morgan fingerprint density at radius 2 is 1.96 bits per heavy atom. The molecule has 140 valence electrons. The molecule has 27 heavy (non-hydrogen) atoms. The third-order valence-corrected chi connectivity index (χ3v) is 5.59. The fraction of sp³-hybridized carbons (Fsp3) is 0.364. The molecule has 1 N–H and O–H groups in total. The van der Waals surface area contributed by atoms with E-state index in [-0.39, 0.29) is 18.0 Å². The Bertz CT molecular complexity index is 850. The second-order valence-electron chi connectivity index (χ2n) is 7.31. The Labute approximate surface area is 160 Å². The maximum absolute atomic E-state index is 12.8. The highest BCUT2D eigenvalue weighted by Gasteiger charge is 2.37. The van der Waals surface area contributed by atoms with Crippen LogP contribution in [0.25, 0.3) is 0 Å². The molecule has 2 amide bonds. The van der Waals surface area contributed by atoms with E-state index in [1.54, 1.807) is 12.1 Å². The number of hydrogen-bond acceptors (Lipinski definition) is 3. The normalized spacial score (nSPS) is 18.7. The summed E-state index contributed by atoms with van der Waals surface area (Å²) in [7, 11) is 2.02. The lowest BCUT2D eigenvalue weighted by molar-refractivity contribution is 0.0589. The number of carbonyl (C=O) groups excluding carboxylic acids is 2. The molecule has 5 nitrogen and oxygen atoms in total. The number of rotatable bonds is 4. The Balaban J connectivity index is 1.48. The van der Waals surface area contributed by atoms with E-state index in [0.29, 0.717) is 17.7 Å². The fourth-order valence-electron chi connectivity index (χ4n) is 4.08. The maximum Gasteiger partial charge on any atom is 0.257 e. The van der Waals surface area contributed by atoms with E-state index in [2.05, 4.69) is 22.3 Å². The number of anilines is 1. The van der Waals surface area contributed by atoms with Gasteiger partial charge in [0.05, 0.1) is 11.3 Å². The first-order valence-corrected chi connectivity index (χ1v) is 9.65. The van der Waals surface area contributed by atoms with Crippen LogP contribution < -0.4 is 10.2 Å². The minimum atomic E-state index is -0.0966. The Morgan fingerprint density at radius 1 is 1.15 bits per heavy atom. The van der Waals surface area contributed by atoms with Gasteiger partial charge in [-0.1, -0.05) is 30.3 Å². The monoisotopic (exact) mass is 363 g/mol. The SMILES string of the molecule is CN1c2cc(C(=O)NCCc3ccccc3)ccc2C(=O)N2CCCCC21. The summed E-state index contributed by atoms with van der Waals surface area (Å²) in [5.41, 5.74) is 3.35. The lowest BCUT2D eigenvalue weighted by Gasteiger charge is -2.46. The summed E-state index contributed by atoms with van der Waals surface area (Å²) >= 11 is 0. The molecule has 2 heterocycles. The van der Waals surface area contributed by atoms with Gasteiger partial charge in [0.1, 0.15) is 6.17 Å². The molecule has 1 atom stereocenters. The van der Waals surface area contributed by atoms with E-state index in [0.717, 1.165) is 37.9 Å². The first-order chi connectivity index (χ1) is 13.1. The van der Waals surface area contributed by atoms with E-state index in [1.807, 2.05) is 36.2 Å². The molecule has 1 saturated heterocycles. The first kappa shape index (κ1) is 17.6. The Hall–Kier alpha value is -2.82. The largest absolute Gasteiger partial charge is 0.354 e. The summed E-state index contributed by atoms with van der Waals surface area (Å²) in [5.74, 6) is -0.00973. The van der Waals surface area contributed by atoms with Crippen LogP contribution in [0.4, 0.5) is 5.69 Å². The van der Waals surface area contributed by atoms with E-state index in [9.17, 15) is 9.59 Å². The van der Waals surface area contributed by atoms with Gasteiger partial charge in [-0.2, -0.15) is 0 Å². The van der Waals surface area contributed by atoms with E-state index < -0.39 is 0 Å². The highest BCUT2D eigenvalue weighted by molar-refractivity contribution is 6.04.